The first-order chi connectivity index (χ1) is 8.44. The highest BCUT2D eigenvalue weighted by Gasteiger charge is 2.43. The van der Waals surface area contributed by atoms with Crippen molar-refractivity contribution in [1.82, 2.24) is 0 Å². The molecule has 0 saturated carbocycles. The maximum absolute atomic E-state index is 9.67. The van der Waals surface area contributed by atoms with Gasteiger partial charge in [-0.05, 0) is 50.4 Å². The Balaban J connectivity index is 2.01. The van der Waals surface area contributed by atoms with Crippen LogP contribution in [-0.4, -0.2) is 36.6 Å². The van der Waals surface area contributed by atoms with Crippen molar-refractivity contribution < 1.29 is 14.6 Å². The first-order valence-electron chi connectivity index (χ1n) is 7.33. The highest BCUT2D eigenvalue weighted by Crippen LogP contribution is 2.45. The van der Waals surface area contributed by atoms with Gasteiger partial charge in [-0.3, -0.25) is 0 Å². The molecule has 2 atom stereocenters. The molecular formula is C15H28O3. The Morgan fingerprint density at radius 1 is 1.28 bits per heavy atom. The number of hydrogen-bond acceptors (Lipinski definition) is 3. The molecule has 0 amide bonds. The molecule has 0 aliphatic carbocycles. The normalized spacial score (nSPS) is 30.3. The average Bonchev–Trinajstić information content (AvgIpc) is 2.28. The molecular weight excluding hydrogens is 228 g/mol. The molecule has 1 spiro atoms. The molecule has 2 heterocycles. The summed E-state index contributed by atoms with van der Waals surface area (Å²) >= 11 is 0. The number of hydrogen-bond donors (Lipinski definition) is 1. The summed E-state index contributed by atoms with van der Waals surface area (Å²) in [5, 5.41) is 9.67. The van der Waals surface area contributed by atoms with E-state index in [1.807, 2.05) is 6.92 Å². The van der Waals surface area contributed by atoms with E-state index in [1.54, 1.807) is 0 Å². The van der Waals surface area contributed by atoms with Crippen LogP contribution < -0.4 is 0 Å². The number of rotatable bonds is 3. The third-order valence-electron chi connectivity index (χ3n) is 4.82. The molecule has 3 nitrogen and oxygen atoms in total. The zero-order chi connectivity index (χ0) is 13.2. The van der Waals surface area contributed by atoms with Crippen LogP contribution in [0, 0.1) is 11.3 Å². The molecule has 3 heteroatoms. The average molecular weight is 256 g/mol. The van der Waals surface area contributed by atoms with Gasteiger partial charge < -0.3 is 14.6 Å². The first-order valence-corrected chi connectivity index (χ1v) is 7.33. The standard InChI is InChI=1S/C15H28O3/c1-12(16)10-14(2,3)13-4-7-18-15(11-13)5-8-17-9-6-15/h12-13,16H,4-11H2,1-3H3. The second kappa shape index (κ2) is 5.48. The van der Waals surface area contributed by atoms with Gasteiger partial charge in [0, 0.05) is 19.8 Å². The van der Waals surface area contributed by atoms with Gasteiger partial charge in [0.05, 0.1) is 11.7 Å². The summed E-state index contributed by atoms with van der Waals surface area (Å²) in [6.07, 6.45) is 5.00. The Kier molecular flexibility index (Phi) is 4.35. The fourth-order valence-corrected chi connectivity index (χ4v) is 3.71. The van der Waals surface area contributed by atoms with Crippen LogP contribution in [0.25, 0.3) is 0 Å². The molecule has 0 aromatic heterocycles. The number of ether oxygens (including phenoxy) is 2. The zero-order valence-corrected chi connectivity index (χ0v) is 12.1. The van der Waals surface area contributed by atoms with E-state index in [-0.39, 0.29) is 17.1 Å². The van der Waals surface area contributed by atoms with E-state index in [1.165, 1.54) is 0 Å². The van der Waals surface area contributed by atoms with Crippen LogP contribution in [0.2, 0.25) is 0 Å². The molecule has 2 fully saturated rings. The summed E-state index contributed by atoms with van der Waals surface area (Å²) in [7, 11) is 0. The molecule has 18 heavy (non-hydrogen) atoms. The third-order valence-corrected chi connectivity index (χ3v) is 4.82. The summed E-state index contributed by atoms with van der Waals surface area (Å²) in [4.78, 5) is 0. The fraction of sp³-hybridized carbons (Fsp3) is 1.00. The van der Waals surface area contributed by atoms with E-state index in [4.69, 9.17) is 9.47 Å². The summed E-state index contributed by atoms with van der Waals surface area (Å²) in [5.74, 6) is 0.652. The van der Waals surface area contributed by atoms with Crippen LogP contribution in [0.3, 0.4) is 0 Å². The van der Waals surface area contributed by atoms with Gasteiger partial charge in [0.25, 0.3) is 0 Å². The summed E-state index contributed by atoms with van der Waals surface area (Å²) < 4.78 is 11.6. The lowest BCUT2D eigenvalue weighted by molar-refractivity contribution is -0.161. The molecule has 2 aliphatic heterocycles. The van der Waals surface area contributed by atoms with Crippen LogP contribution in [0.15, 0.2) is 0 Å². The predicted molar refractivity (Wildman–Crippen MR) is 71.5 cm³/mol. The molecule has 2 unspecified atom stereocenters. The van der Waals surface area contributed by atoms with E-state index < -0.39 is 0 Å². The van der Waals surface area contributed by atoms with Crippen molar-refractivity contribution in [3.05, 3.63) is 0 Å². The van der Waals surface area contributed by atoms with E-state index in [0.717, 1.165) is 51.9 Å². The summed E-state index contributed by atoms with van der Waals surface area (Å²) in [5.41, 5.74) is 0.264. The second-order valence-corrected chi connectivity index (χ2v) is 6.88. The highest BCUT2D eigenvalue weighted by molar-refractivity contribution is 4.93. The molecule has 0 aromatic rings. The third kappa shape index (κ3) is 3.25. The minimum Gasteiger partial charge on any atom is -0.393 e. The van der Waals surface area contributed by atoms with E-state index in [0.29, 0.717) is 5.92 Å². The minimum atomic E-state index is -0.214. The van der Waals surface area contributed by atoms with Gasteiger partial charge in [0.15, 0.2) is 0 Å². The molecule has 1 N–H and O–H groups in total. The molecule has 2 saturated heterocycles. The maximum Gasteiger partial charge on any atom is 0.0729 e. The van der Waals surface area contributed by atoms with Crippen molar-refractivity contribution in [3.63, 3.8) is 0 Å². The van der Waals surface area contributed by atoms with Gasteiger partial charge in [-0.25, -0.2) is 0 Å². The Morgan fingerprint density at radius 3 is 2.56 bits per heavy atom. The van der Waals surface area contributed by atoms with E-state index in [2.05, 4.69) is 13.8 Å². The van der Waals surface area contributed by atoms with Gasteiger partial charge >= 0.3 is 0 Å². The van der Waals surface area contributed by atoms with Crippen molar-refractivity contribution in [2.75, 3.05) is 19.8 Å². The van der Waals surface area contributed by atoms with Gasteiger partial charge in [0.1, 0.15) is 0 Å². The predicted octanol–water partition coefficient (Wildman–Crippen LogP) is 2.76. The zero-order valence-electron chi connectivity index (χ0n) is 12.1. The fourth-order valence-electron chi connectivity index (χ4n) is 3.71. The van der Waals surface area contributed by atoms with Gasteiger partial charge in [-0.1, -0.05) is 13.8 Å². The number of aliphatic hydroxyl groups is 1. The monoisotopic (exact) mass is 256 g/mol. The SMILES string of the molecule is CC(O)CC(C)(C)C1CCOC2(CCOCC2)C1. The second-order valence-electron chi connectivity index (χ2n) is 6.88. The lowest BCUT2D eigenvalue weighted by atomic mass is 9.67. The summed E-state index contributed by atoms with van der Waals surface area (Å²) in [6.45, 7) is 9.03. The van der Waals surface area contributed by atoms with Gasteiger partial charge in [0.2, 0.25) is 0 Å². The molecule has 0 radical (unpaired) electrons. The Labute approximate surface area is 111 Å². The molecule has 2 rings (SSSR count). The van der Waals surface area contributed by atoms with Crippen molar-refractivity contribution in [1.29, 1.82) is 0 Å². The smallest absolute Gasteiger partial charge is 0.0729 e. The van der Waals surface area contributed by atoms with Crippen LogP contribution in [0.4, 0.5) is 0 Å². The van der Waals surface area contributed by atoms with Crippen molar-refractivity contribution in [3.8, 4) is 0 Å². The quantitative estimate of drug-likeness (QED) is 0.844. The largest absolute Gasteiger partial charge is 0.393 e. The molecule has 106 valence electrons. The van der Waals surface area contributed by atoms with E-state index >= 15 is 0 Å². The van der Waals surface area contributed by atoms with Crippen molar-refractivity contribution in [2.24, 2.45) is 11.3 Å². The van der Waals surface area contributed by atoms with Crippen LogP contribution >= 0.6 is 0 Å². The van der Waals surface area contributed by atoms with Crippen molar-refractivity contribution in [2.45, 2.75) is 64.6 Å². The Hall–Kier alpha value is -0.120. The van der Waals surface area contributed by atoms with E-state index in [9.17, 15) is 5.11 Å². The maximum atomic E-state index is 9.67. The minimum absolute atomic E-state index is 0.0666. The van der Waals surface area contributed by atoms with Crippen LogP contribution in [0.5, 0.6) is 0 Å². The molecule has 0 aromatic carbocycles. The number of aliphatic hydroxyl groups excluding tert-OH is 1. The highest BCUT2D eigenvalue weighted by atomic mass is 16.5. The molecule has 0 bridgehead atoms. The Bertz CT molecular complexity index is 261. The lowest BCUT2D eigenvalue weighted by Crippen LogP contribution is -2.47. The topological polar surface area (TPSA) is 38.7 Å². The summed E-state index contributed by atoms with van der Waals surface area (Å²) in [6, 6.07) is 0. The lowest BCUT2D eigenvalue weighted by Gasteiger charge is -2.48. The van der Waals surface area contributed by atoms with Crippen LogP contribution in [0.1, 0.15) is 52.9 Å². The Morgan fingerprint density at radius 2 is 1.94 bits per heavy atom. The first kappa shape index (κ1) is 14.3. The van der Waals surface area contributed by atoms with Gasteiger partial charge in [-0.2, -0.15) is 0 Å². The van der Waals surface area contributed by atoms with Crippen molar-refractivity contribution >= 4 is 0 Å². The molecule has 2 aliphatic rings. The van der Waals surface area contributed by atoms with Crippen LogP contribution in [-0.2, 0) is 9.47 Å². The van der Waals surface area contributed by atoms with Gasteiger partial charge in [-0.15, -0.1) is 0 Å².